The van der Waals surface area contributed by atoms with Gasteiger partial charge in [0.2, 0.25) is 11.8 Å². The molecule has 2 N–H and O–H groups in total. The minimum absolute atomic E-state index is 0.0254. The first kappa shape index (κ1) is 18.5. The molecule has 2 amide bonds. The molecule has 0 fully saturated rings. The number of hydrogen-bond acceptors (Lipinski definition) is 3. The molecule has 1 unspecified atom stereocenters. The summed E-state index contributed by atoms with van der Waals surface area (Å²) in [4.78, 5) is 25.2. The lowest BCUT2D eigenvalue weighted by Gasteiger charge is -2.18. The monoisotopic (exact) mass is 339 g/mol. The number of rotatable bonds is 6. The number of carbonyl (C=O) groups is 2. The maximum absolute atomic E-state index is 12.3. The summed E-state index contributed by atoms with van der Waals surface area (Å²) in [7, 11) is 1.73. The van der Waals surface area contributed by atoms with Gasteiger partial charge in [-0.3, -0.25) is 9.59 Å². The summed E-state index contributed by atoms with van der Waals surface area (Å²) in [5.74, 6) is -0.128. The smallest absolute Gasteiger partial charge is 0.246 e. The Labute approximate surface area is 149 Å². The van der Waals surface area contributed by atoms with E-state index in [0.29, 0.717) is 0 Å². The summed E-state index contributed by atoms with van der Waals surface area (Å²) in [6, 6.07) is 14.9. The normalized spacial score (nSPS) is 11.5. The Hall–Kier alpha value is -2.82. The predicted octanol–water partition coefficient (Wildman–Crippen LogP) is 3.67. The van der Waals surface area contributed by atoms with Crippen molar-refractivity contribution in [1.82, 2.24) is 0 Å². The van der Waals surface area contributed by atoms with E-state index >= 15 is 0 Å². The number of amides is 2. The van der Waals surface area contributed by atoms with Gasteiger partial charge in [0, 0.05) is 31.0 Å². The second kappa shape index (κ2) is 8.33. The van der Waals surface area contributed by atoms with Gasteiger partial charge in [-0.1, -0.05) is 19.1 Å². The van der Waals surface area contributed by atoms with Crippen molar-refractivity contribution in [3.8, 4) is 0 Å². The van der Waals surface area contributed by atoms with Gasteiger partial charge in [0.15, 0.2) is 0 Å². The van der Waals surface area contributed by atoms with E-state index in [9.17, 15) is 9.59 Å². The van der Waals surface area contributed by atoms with Crippen LogP contribution in [0, 0.1) is 0 Å². The fourth-order valence-electron chi connectivity index (χ4n) is 2.35. The fourth-order valence-corrected chi connectivity index (χ4v) is 2.35. The molecule has 5 heteroatoms. The topological polar surface area (TPSA) is 61.4 Å². The number of nitrogens with one attached hydrogen (secondary N) is 2. The molecule has 0 aromatic heterocycles. The van der Waals surface area contributed by atoms with Crippen molar-refractivity contribution in [1.29, 1.82) is 0 Å². The molecule has 25 heavy (non-hydrogen) atoms. The lowest BCUT2D eigenvalue weighted by Crippen LogP contribution is -2.31. The quantitative estimate of drug-likeness (QED) is 0.844. The van der Waals surface area contributed by atoms with E-state index in [-0.39, 0.29) is 17.9 Å². The van der Waals surface area contributed by atoms with Gasteiger partial charge < -0.3 is 15.5 Å². The molecule has 132 valence electrons. The Morgan fingerprint density at radius 3 is 2.08 bits per heavy atom. The van der Waals surface area contributed by atoms with Gasteiger partial charge in [-0.05, 0) is 55.3 Å². The molecule has 2 aromatic carbocycles. The number of nitrogens with zero attached hydrogens (tertiary/aromatic N) is 1. The number of aryl methyl sites for hydroxylation is 1. The Bertz CT molecular complexity index is 724. The summed E-state index contributed by atoms with van der Waals surface area (Å²) in [5, 5.41) is 6.07. The molecule has 5 nitrogen and oxygen atoms in total. The highest BCUT2D eigenvalue weighted by atomic mass is 16.2. The molecule has 0 spiro atoms. The summed E-state index contributed by atoms with van der Waals surface area (Å²) in [6.45, 7) is 5.43. The van der Waals surface area contributed by atoms with Crippen molar-refractivity contribution in [2.24, 2.45) is 0 Å². The highest BCUT2D eigenvalue weighted by molar-refractivity contribution is 5.96. The zero-order chi connectivity index (χ0) is 18.4. The molecular formula is C20H25N3O2. The third kappa shape index (κ3) is 5.08. The van der Waals surface area contributed by atoms with Crippen molar-refractivity contribution in [2.45, 2.75) is 33.2 Å². The maximum atomic E-state index is 12.3. The Morgan fingerprint density at radius 1 is 1.00 bits per heavy atom. The molecule has 0 heterocycles. The van der Waals surface area contributed by atoms with E-state index in [0.717, 1.165) is 23.5 Å². The van der Waals surface area contributed by atoms with Gasteiger partial charge in [-0.25, -0.2) is 0 Å². The number of anilines is 3. The van der Waals surface area contributed by atoms with E-state index in [2.05, 4.69) is 17.6 Å². The largest absolute Gasteiger partial charge is 0.374 e. The van der Waals surface area contributed by atoms with Crippen LogP contribution >= 0.6 is 0 Å². The fraction of sp³-hybridized carbons (Fsp3) is 0.300. The molecule has 0 aliphatic heterocycles. The third-order valence-corrected chi connectivity index (χ3v) is 4.13. The molecule has 0 aliphatic rings. The molecule has 1 atom stereocenters. The van der Waals surface area contributed by atoms with Gasteiger partial charge in [-0.15, -0.1) is 0 Å². The van der Waals surface area contributed by atoms with Crippen LogP contribution < -0.4 is 15.5 Å². The van der Waals surface area contributed by atoms with Gasteiger partial charge in [0.1, 0.15) is 6.04 Å². The number of hydrogen-bond donors (Lipinski definition) is 2. The van der Waals surface area contributed by atoms with Gasteiger partial charge in [0.25, 0.3) is 0 Å². The standard InChI is InChI=1S/C20H25N3O2/c1-5-16-6-8-18(9-7-16)22-20(25)14(2)21-17-10-12-19(13-11-17)23(4)15(3)24/h6-14,21H,5H2,1-4H3,(H,22,25). The van der Waals surface area contributed by atoms with Crippen LogP contribution in [-0.2, 0) is 16.0 Å². The first-order chi connectivity index (χ1) is 11.9. The minimum atomic E-state index is -0.387. The van der Waals surface area contributed by atoms with E-state index in [4.69, 9.17) is 0 Å². The highest BCUT2D eigenvalue weighted by Crippen LogP contribution is 2.18. The maximum Gasteiger partial charge on any atom is 0.246 e. The van der Waals surface area contributed by atoms with Gasteiger partial charge >= 0.3 is 0 Å². The minimum Gasteiger partial charge on any atom is -0.374 e. The Morgan fingerprint density at radius 2 is 1.56 bits per heavy atom. The van der Waals surface area contributed by atoms with Crippen LogP contribution in [0.4, 0.5) is 17.1 Å². The van der Waals surface area contributed by atoms with Crippen LogP contribution in [0.2, 0.25) is 0 Å². The van der Waals surface area contributed by atoms with Crippen LogP contribution in [0.5, 0.6) is 0 Å². The average Bonchev–Trinajstić information content (AvgIpc) is 2.62. The van der Waals surface area contributed by atoms with Gasteiger partial charge in [0.05, 0.1) is 0 Å². The zero-order valence-electron chi connectivity index (χ0n) is 15.2. The first-order valence-corrected chi connectivity index (χ1v) is 8.41. The van der Waals surface area contributed by atoms with Crippen LogP contribution in [0.25, 0.3) is 0 Å². The number of carbonyl (C=O) groups excluding carboxylic acids is 2. The van der Waals surface area contributed by atoms with Crippen molar-refractivity contribution in [2.75, 3.05) is 22.6 Å². The van der Waals surface area contributed by atoms with E-state index in [1.807, 2.05) is 55.5 Å². The molecule has 2 rings (SSSR count). The Balaban J connectivity index is 1.94. The van der Waals surface area contributed by atoms with Crippen molar-refractivity contribution >= 4 is 28.9 Å². The van der Waals surface area contributed by atoms with Crippen LogP contribution in [0.1, 0.15) is 26.3 Å². The summed E-state index contributed by atoms with van der Waals surface area (Å²) >= 11 is 0. The average molecular weight is 339 g/mol. The Kier molecular flexibility index (Phi) is 6.17. The number of benzene rings is 2. The van der Waals surface area contributed by atoms with E-state index in [1.54, 1.807) is 11.9 Å². The third-order valence-electron chi connectivity index (χ3n) is 4.13. The van der Waals surface area contributed by atoms with Crippen LogP contribution in [0.15, 0.2) is 48.5 Å². The molecule has 2 aromatic rings. The lowest BCUT2D eigenvalue weighted by atomic mass is 10.1. The summed E-state index contributed by atoms with van der Waals surface area (Å²) in [6.07, 6.45) is 0.973. The molecule has 0 saturated carbocycles. The zero-order valence-corrected chi connectivity index (χ0v) is 15.2. The van der Waals surface area contributed by atoms with Crippen molar-refractivity contribution < 1.29 is 9.59 Å². The second-order valence-electron chi connectivity index (χ2n) is 6.03. The summed E-state index contributed by atoms with van der Waals surface area (Å²) in [5.41, 5.74) is 3.66. The molecule has 0 radical (unpaired) electrons. The first-order valence-electron chi connectivity index (χ1n) is 8.41. The van der Waals surface area contributed by atoms with Crippen LogP contribution in [-0.4, -0.2) is 24.9 Å². The van der Waals surface area contributed by atoms with Gasteiger partial charge in [-0.2, -0.15) is 0 Å². The molecule has 0 bridgehead atoms. The predicted molar refractivity (Wildman–Crippen MR) is 103 cm³/mol. The van der Waals surface area contributed by atoms with Crippen molar-refractivity contribution in [3.05, 3.63) is 54.1 Å². The van der Waals surface area contributed by atoms with E-state index < -0.39 is 0 Å². The van der Waals surface area contributed by atoms with E-state index in [1.165, 1.54) is 12.5 Å². The lowest BCUT2D eigenvalue weighted by molar-refractivity contribution is -0.117. The highest BCUT2D eigenvalue weighted by Gasteiger charge is 2.13. The second-order valence-corrected chi connectivity index (χ2v) is 6.03. The van der Waals surface area contributed by atoms with Crippen molar-refractivity contribution in [3.63, 3.8) is 0 Å². The summed E-state index contributed by atoms with van der Waals surface area (Å²) < 4.78 is 0. The molecule has 0 aliphatic carbocycles. The van der Waals surface area contributed by atoms with Crippen LogP contribution in [0.3, 0.4) is 0 Å². The molecule has 0 saturated heterocycles. The molecular weight excluding hydrogens is 314 g/mol. The SMILES string of the molecule is CCc1ccc(NC(=O)C(C)Nc2ccc(N(C)C(C)=O)cc2)cc1.